The lowest BCUT2D eigenvalue weighted by Gasteiger charge is -2.11. The van der Waals surface area contributed by atoms with Crippen LogP contribution in [-0.2, 0) is 27.5 Å². The maximum atomic E-state index is 12.3. The number of rotatable bonds is 8. The van der Waals surface area contributed by atoms with Gasteiger partial charge in [0.05, 0.1) is 0 Å². The molecule has 0 saturated carbocycles. The van der Waals surface area contributed by atoms with Crippen LogP contribution in [0.5, 0.6) is 0 Å². The van der Waals surface area contributed by atoms with Crippen molar-refractivity contribution in [3.8, 4) is 0 Å². The van der Waals surface area contributed by atoms with Crippen molar-refractivity contribution in [3.63, 3.8) is 0 Å². The normalized spacial score (nSPS) is 11.9. The van der Waals surface area contributed by atoms with Gasteiger partial charge in [0.15, 0.2) is 5.82 Å². The molecule has 4 N–H and O–H groups in total. The fourth-order valence-corrected chi connectivity index (χ4v) is 2.49. The number of anilines is 1. The van der Waals surface area contributed by atoms with E-state index in [0.717, 1.165) is 0 Å². The Morgan fingerprint density at radius 1 is 1.18 bits per heavy atom. The van der Waals surface area contributed by atoms with Gasteiger partial charge in [-0.15, -0.1) is 0 Å². The highest BCUT2D eigenvalue weighted by Gasteiger charge is 2.43. The number of nitrogens with one attached hydrogen (secondary N) is 2. The van der Waals surface area contributed by atoms with Crippen molar-refractivity contribution in [1.29, 1.82) is 0 Å². The molecule has 1 heterocycles. The molecule has 0 saturated heterocycles. The van der Waals surface area contributed by atoms with Crippen LogP contribution in [0.2, 0.25) is 0 Å². The third kappa shape index (κ3) is 7.26. The Balaban J connectivity index is 1.97. The van der Waals surface area contributed by atoms with Crippen LogP contribution in [0.15, 0.2) is 46.4 Å². The number of hydrogen-bond donors (Lipinski definition) is 3. The Hall–Kier alpha value is -4.03. The van der Waals surface area contributed by atoms with Gasteiger partial charge >= 0.3 is 17.9 Å². The van der Waals surface area contributed by atoms with Gasteiger partial charge in [-0.1, -0.05) is 24.3 Å². The molecule has 2 amide bonds. The zero-order valence-corrected chi connectivity index (χ0v) is 17.6. The van der Waals surface area contributed by atoms with Gasteiger partial charge in [-0.2, -0.15) is 18.2 Å². The Bertz CT molecular complexity index is 1120. The van der Waals surface area contributed by atoms with E-state index >= 15 is 0 Å². The molecule has 33 heavy (non-hydrogen) atoms. The van der Waals surface area contributed by atoms with E-state index in [9.17, 15) is 32.3 Å². The summed E-state index contributed by atoms with van der Waals surface area (Å²) < 4.78 is 37.9. The molecule has 2 aromatic rings. The number of aliphatic imine (C=N–C) groups is 1. The summed E-state index contributed by atoms with van der Waals surface area (Å²) in [6, 6.07) is 5.71. The number of aromatic nitrogens is 2. The fourth-order valence-electron chi connectivity index (χ4n) is 2.49. The van der Waals surface area contributed by atoms with Crippen molar-refractivity contribution in [1.82, 2.24) is 14.9 Å². The first kappa shape index (κ1) is 25.2. The summed E-state index contributed by atoms with van der Waals surface area (Å²) in [6.07, 6.45) is -2.55. The van der Waals surface area contributed by atoms with E-state index in [4.69, 9.17) is 5.73 Å². The largest absolute Gasteiger partial charge is 0.460 e. The second-order valence-electron chi connectivity index (χ2n) is 7.11. The van der Waals surface area contributed by atoms with E-state index in [1.54, 1.807) is 0 Å². The number of benzene rings is 1. The number of ketones is 1. The first-order valence-electron chi connectivity index (χ1n) is 9.56. The highest BCUT2D eigenvalue weighted by Crippen LogP contribution is 2.16. The Morgan fingerprint density at radius 2 is 1.82 bits per heavy atom. The second kappa shape index (κ2) is 10.5. The SMILES string of the molecule is CC(C)Nc1nccn(CC(=O)NCc2ccc(C(N)=NC(=O)C(=O)C(F)(F)F)cc2)c1=O. The van der Waals surface area contributed by atoms with Gasteiger partial charge in [0.2, 0.25) is 5.91 Å². The molecule has 0 radical (unpaired) electrons. The number of carbonyl (C=O) groups is 3. The summed E-state index contributed by atoms with van der Waals surface area (Å²) in [5.41, 5.74) is 5.76. The standard InChI is InChI=1S/C20H21F3N6O4/c1-11(2)27-17-19(33)29(8-7-25-17)10-14(30)26-9-12-3-5-13(6-4-12)16(24)28-18(32)15(31)20(21,22)23/h3-8,11H,9-10H2,1-2H3,(H,25,27)(H,26,30)(H2,24,28,32). The van der Waals surface area contributed by atoms with E-state index in [0.29, 0.717) is 5.56 Å². The Morgan fingerprint density at radius 3 is 2.39 bits per heavy atom. The van der Waals surface area contributed by atoms with Gasteiger partial charge < -0.3 is 20.9 Å². The third-order valence-corrected chi connectivity index (χ3v) is 4.07. The minimum Gasteiger partial charge on any atom is -0.383 e. The molecule has 13 heteroatoms. The van der Waals surface area contributed by atoms with Crippen molar-refractivity contribution >= 4 is 29.3 Å². The molecule has 0 bridgehead atoms. The molecule has 10 nitrogen and oxygen atoms in total. The summed E-state index contributed by atoms with van der Waals surface area (Å²) in [5.74, 6) is -5.51. The minimum absolute atomic E-state index is 0.0137. The lowest BCUT2D eigenvalue weighted by atomic mass is 10.1. The van der Waals surface area contributed by atoms with Crippen LogP contribution in [0, 0.1) is 0 Å². The van der Waals surface area contributed by atoms with Crippen LogP contribution in [0.25, 0.3) is 0 Å². The molecule has 176 valence electrons. The first-order valence-corrected chi connectivity index (χ1v) is 9.56. The maximum absolute atomic E-state index is 12.3. The highest BCUT2D eigenvalue weighted by molar-refractivity contribution is 6.40. The maximum Gasteiger partial charge on any atom is 0.460 e. The molecule has 2 rings (SSSR count). The quantitative estimate of drug-likeness (QED) is 0.295. The van der Waals surface area contributed by atoms with Crippen molar-refractivity contribution < 1.29 is 27.6 Å². The van der Waals surface area contributed by atoms with Crippen molar-refractivity contribution in [2.24, 2.45) is 10.7 Å². The van der Waals surface area contributed by atoms with Crippen LogP contribution in [0.3, 0.4) is 0 Å². The van der Waals surface area contributed by atoms with E-state index in [-0.39, 0.29) is 30.5 Å². The average molecular weight is 466 g/mol. The van der Waals surface area contributed by atoms with E-state index in [1.165, 1.54) is 41.2 Å². The predicted octanol–water partition coefficient (Wildman–Crippen LogP) is 0.743. The van der Waals surface area contributed by atoms with Crippen LogP contribution >= 0.6 is 0 Å². The van der Waals surface area contributed by atoms with Crippen LogP contribution in [-0.4, -0.2) is 45.2 Å². The molecular formula is C20H21F3N6O4. The number of alkyl halides is 3. The molecule has 0 aliphatic heterocycles. The van der Waals surface area contributed by atoms with Crippen molar-refractivity contribution in [2.45, 2.75) is 39.2 Å². The van der Waals surface area contributed by atoms with Gasteiger partial charge in [0, 0.05) is 30.5 Å². The molecule has 1 aromatic heterocycles. The zero-order chi connectivity index (χ0) is 24.8. The van der Waals surface area contributed by atoms with Crippen molar-refractivity contribution in [2.75, 3.05) is 5.32 Å². The van der Waals surface area contributed by atoms with Crippen LogP contribution in [0.1, 0.15) is 25.0 Å². The van der Waals surface area contributed by atoms with Crippen molar-refractivity contribution in [3.05, 3.63) is 58.1 Å². The average Bonchev–Trinajstić information content (AvgIpc) is 2.73. The van der Waals surface area contributed by atoms with Crippen LogP contribution in [0.4, 0.5) is 19.0 Å². The van der Waals surface area contributed by atoms with Gasteiger partial charge in [0.25, 0.3) is 5.56 Å². The lowest BCUT2D eigenvalue weighted by Crippen LogP contribution is -2.33. The number of nitrogens with zero attached hydrogens (tertiary/aromatic N) is 3. The number of amides is 2. The third-order valence-electron chi connectivity index (χ3n) is 4.07. The summed E-state index contributed by atoms with van der Waals surface area (Å²) in [6.45, 7) is 3.53. The topological polar surface area (TPSA) is 149 Å². The molecule has 0 atom stereocenters. The Labute approximate surface area is 185 Å². The number of amidine groups is 1. The van der Waals surface area contributed by atoms with Crippen LogP contribution < -0.4 is 21.9 Å². The number of Topliss-reactive ketones (excluding diaryl/α,β-unsaturated/α-hetero) is 1. The monoisotopic (exact) mass is 466 g/mol. The molecular weight excluding hydrogens is 445 g/mol. The number of hydrogen-bond acceptors (Lipinski definition) is 6. The molecule has 0 spiro atoms. The molecule has 0 aliphatic carbocycles. The summed E-state index contributed by atoms with van der Waals surface area (Å²) in [5, 5.41) is 5.52. The molecule has 0 unspecified atom stereocenters. The fraction of sp³-hybridized carbons (Fsp3) is 0.300. The number of nitrogens with two attached hydrogens (primary N) is 1. The van der Waals surface area contributed by atoms with Gasteiger partial charge in [-0.25, -0.2) is 4.98 Å². The minimum atomic E-state index is -5.34. The van der Waals surface area contributed by atoms with Gasteiger partial charge in [-0.3, -0.25) is 19.2 Å². The first-order chi connectivity index (χ1) is 15.4. The smallest absolute Gasteiger partial charge is 0.383 e. The highest BCUT2D eigenvalue weighted by atomic mass is 19.4. The predicted molar refractivity (Wildman–Crippen MR) is 112 cm³/mol. The summed E-state index contributed by atoms with van der Waals surface area (Å²) >= 11 is 0. The lowest BCUT2D eigenvalue weighted by molar-refractivity contribution is -0.174. The van der Waals surface area contributed by atoms with E-state index < -0.39 is 35.2 Å². The van der Waals surface area contributed by atoms with Gasteiger partial charge in [-0.05, 0) is 19.4 Å². The number of halogens is 3. The number of carbonyl (C=O) groups excluding carboxylic acids is 3. The Kier molecular flexibility index (Phi) is 8.05. The second-order valence-corrected chi connectivity index (χ2v) is 7.11. The van der Waals surface area contributed by atoms with Gasteiger partial charge in [0.1, 0.15) is 12.4 Å². The summed E-state index contributed by atoms with van der Waals surface area (Å²) in [7, 11) is 0. The molecule has 0 aliphatic rings. The molecule has 0 fully saturated rings. The van der Waals surface area contributed by atoms with E-state index in [1.807, 2.05) is 13.8 Å². The van der Waals surface area contributed by atoms with E-state index in [2.05, 4.69) is 20.6 Å². The molecule has 1 aromatic carbocycles. The zero-order valence-electron chi connectivity index (χ0n) is 17.6. The summed E-state index contributed by atoms with van der Waals surface area (Å²) in [4.78, 5) is 53.5.